The molecule has 0 unspecified atom stereocenters. The highest BCUT2D eigenvalue weighted by Gasteiger charge is 2.21. The van der Waals surface area contributed by atoms with E-state index in [4.69, 9.17) is 11.6 Å². The van der Waals surface area contributed by atoms with Crippen LogP contribution in [0.15, 0.2) is 84.3 Å². The van der Waals surface area contributed by atoms with Crippen LogP contribution in [0, 0.1) is 5.82 Å². The van der Waals surface area contributed by atoms with E-state index in [-0.39, 0.29) is 11.4 Å². The van der Waals surface area contributed by atoms with Gasteiger partial charge in [0.2, 0.25) is 0 Å². The summed E-state index contributed by atoms with van der Waals surface area (Å²) in [7, 11) is -4.25. The molecule has 0 aliphatic heterocycles. The number of carbonyl (C=O) groups is 1. The van der Waals surface area contributed by atoms with Gasteiger partial charge in [0.05, 0.1) is 5.69 Å². The first-order valence-electron chi connectivity index (χ1n) is 9.16. The summed E-state index contributed by atoms with van der Waals surface area (Å²) in [5, 5.41) is 7.02. The molecule has 4 aromatic rings. The molecule has 32 heavy (non-hydrogen) atoms. The van der Waals surface area contributed by atoms with Crippen molar-refractivity contribution in [2.75, 3.05) is 10.0 Å². The van der Waals surface area contributed by atoms with E-state index in [1.165, 1.54) is 47.7 Å². The minimum atomic E-state index is -4.25. The van der Waals surface area contributed by atoms with Gasteiger partial charge in [-0.1, -0.05) is 17.7 Å². The summed E-state index contributed by atoms with van der Waals surface area (Å²) < 4.78 is 43.5. The summed E-state index contributed by atoms with van der Waals surface area (Å²) in [4.78, 5) is 15.9. The third kappa shape index (κ3) is 4.76. The van der Waals surface area contributed by atoms with Crippen molar-refractivity contribution >= 4 is 38.9 Å². The minimum absolute atomic E-state index is 0.110. The molecule has 0 radical (unpaired) electrons. The zero-order valence-corrected chi connectivity index (χ0v) is 17.8. The third-order valence-corrected chi connectivity index (χ3v) is 6.01. The smallest absolute Gasteiger partial charge is 0.264 e. The van der Waals surface area contributed by atoms with Crippen LogP contribution < -0.4 is 10.0 Å². The number of amides is 1. The lowest BCUT2D eigenvalue weighted by Crippen LogP contribution is -2.16. The Kier molecular flexibility index (Phi) is 5.89. The van der Waals surface area contributed by atoms with Crippen molar-refractivity contribution in [2.24, 2.45) is 0 Å². The number of anilines is 2. The Labute approximate surface area is 187 Å². The molecule has 162 valence electrons. The van der Waals surface area contributed by atoms with Crippen molar-refractivity contribution in [2.45, 2.75) is 4.90 Å². The van der Waals surface area contributed by atoms with E-state index in [0.29, 0.717) is 16.3 Å². The lowest BCUT2D eigenvalue weighted by atomic mass is 10.2. The first-order valence-corrected chi connectivity index (χ1v) is 11.0. The molecule has 0 spiro atoms. The predicted molar refractivity (Wildman–Crippen MR) is 118 cm³/mol. The zero-order chi connectivity index (χ0) is 22.7. The van der Waals surface area contributed by atoms with Crippen molar-refractivity contribution in [3.63, 3.8) is 0 Å². The van der Waals surface area contributed by atoms with E-state index in [2.05, 4.69) is 20.1 Å². The molecular weight excluding hydrogens is 457 g/mol. The molecule has 0 aliphatic rings. The average molecular weight is 472 g/mol. The van der Waals surface area contributed by atoms with Crippen LogP contribution in [-0.4, -0.2) is 29.1 Å². The number of rotatable bonds is 6. The number of sulfonamides is 1. The summed E-state index contributed by atoms with van der Waals surface area (Å²) >= 11 is 5.80. The van der Waals surface area contributed by atoms with Gasteiger partial charge in [-0.05, 0) is 60.7 Å². The van der Waals surface area contributed by atoms with Gasteiger partial charge < -0.3 is 5.32 Å². The highest BCUT2D eigenvalue weighted by atomic mass is 35.5. The van der Waals surface area contributed by atoms with E-state index in [1.807, 2.05) is 0 Å². The van der Waals surface area contributed by atoms with Gasteiger partial charge in [-0.25, -0.2) is 22.5 Å². The Bertz CT molecular complexity index is 1380. The standard InChI is InChI=1S/C21H15ClFN5O3S/c22-15-4-6-16(7-5-15)27-32(30,31)20-11-17(8-9-19(20)23)26-21(29)14-2-1-3-18(10-14)28-13-24-12-25-28/h1-13,27H,(H,26,29). The number of halogens is 2. The Hall–Kier alpha value is -3.76. The fourth-order valence-electron chi connectivity index (χ4n) is 2.85. The fraction of sp³-hybridized carbons (Fsp3) is 0. The van der Waals surface area contributed by atoms with Crippen molar-refractivity contribution in [3.05, 3.63) is 95.8 Å². The minimum Gasteiger partial charge on any atom is -0.322 e. The number of nitrogens with zero attached hydrogens (tertiary/aromatic N) is 3. The Morgan fingerprint density at radius 1 is 1.00 bits per heavy atom. The lowest BCUT2D eigenvalue weighted by molar-refractivity contribution is 0.102. The molecule has 0 fully saturated rings. The normalized spacial score (nSPS) is 11.2. The number of hydrogen-bond acceptors (Lipinski definition) is 5. The summed E-state index contributed by atoms with van der Waals surface area (Å²) in [6.07, 6.45) is 2.85. The van der Waals surface area contributed by atoms with Gasteiger partial charge in [-0.2, -0.15) is 5.10 Å². The highest BCUT2D eigenvalue weighted by molar-refractivity contribution is 7.92. The van der Waals surface area contributed by atoms with Crippen LogP contribution in [0.2, 0.25) is 5.02 Å². The second-order valence-corrected chi connectivity index (χ2v) is 8.69. The molecule has 0 bridgehead atoms. The van der Waals surface area contributed by atoms with Crippen molar-refractivity contribution in [3.8, 4) is 5.69 Å². The van der Waals surface area contributed by atoms with E-state index in [0.717, 1.165) is 12.1 Å². The molecule has 0 saturated heterocycles. The maximum Gasteiger partial charge on any atom is 0.264 e. The Morgan fingerprint density at radius 2 is 1.75 bits per heavy atom. The van der Waals surface area contributed by atoms with Gasteiger partial charge in [0.25, 0.3) is 15.9 Å². The maximum atomic E-state index is 14.3. The van der Waals surface area contributed by atoms with E-state index >= 15 is 0 Å². The maximum absolute atomic E-state index is 14.3. The first kappa shape index (κ1) is 21.5. The Morgan fingerprint density at radius 3 is 2.47 bits per heavy atom. The topological polar surface area (TPSA) is 106 Å². The van der Waals surface area contributed by atoms with Crippen molar-refractivity contribution < 1.29 is 17.6 Å². The molecule has 4 rings (SSSR count). The van der Waals surface area contributed by atoms with Crippen LogP contribution in [0.3, 0.4) is 0 Å². The molecule has 8 nitrogen and oxygen atoms in total. The van der Waals surface area contributed by atoms with Gasteiger partial charge in [0, 0.05) is 22.0 Å². The summed E-state index contributed by atoms with van der Waals surface area (Å²) in [6, 6.07) is 15.8. The fourth-order valence-corrected chi connectivity index (χ4v) is 4.14. The van der Waals surface area contributed by atoms with Crippen LogP contribution in [0.1, 0.15) is 10.4 Å². The van der Waals surface area contributed by atoms with E-state index in [9.17, 15) is 17.6 Å². The highest BCUT2D eigenvalue weighted by Crippen LogP contribution is 2.24. The number of hydrogen-bond donors (Lipinski definition) is 2. The van der Waals surface area contributed by atoms with Crippen LogP contribution in [0.4, 0.5) is 15.8 Å². The van der Waals surface area contributed by atoms with Gasteiger partial charge in [0.15, 0.2) is 0 Å². The van der Waals surface area contributed by atoms with Crippen LogP contribution in [0.25, 0.3) is 5.69 Å². The first-order chi connectivity index (χ1) is 15.3. The predicted octanol–water partition coefficient (Wildman–Crippen LogP) is 4.11. The van der Waals surface area contributed by atoms with Crippen LogP contribution >= 0.6 is 11.6 Å². The molecule has 0 aliphatic carbocycles. The average Bonchev–Trinajstić information content (AvgIpc) is 3.31. The van der Waals surface area contributed by atoms with Gasteiger partial charge in [-0.3, -0.25) is 9.52 Å². The second kappa shape index (κ2) is 8.77. The molecule has 1 heterocycles. The molecule has 0 saturated carbocycles. The lowest BCUT2D eigenvalue weighted by Gasteiger charge is -2.12. The molecule has 11 heteroatoms. The van der Waals surface area contributed by atoms with Crippen molar-refractivity contribution in [1.29, 1.82) is 0 Å². The third-order valence-electron chi connectivity index (χ3n) is 4.37. The summed E-state index contributed by atoms with van der Waals surface area (Å²) in [6.45, 7) is 0. The summed E-state index contributed by atoms with van der Waals surface area (Å²) in [5.41, 5.74) is 1.24. The number of benzene rings is 3. The molecule has 2 N–H and O–H groups in total. The molecular formula is C21H15ClFN5O3S. The molecule has 0 atom stereocenters. The van der Waals surface area contributed by atoms with Gasteiger partial charge >= 0.3 is 0 Å². The van der Waals surface area contributed by atoms with E-state index in [1.54, 1.807) is 24.3 Å². The van der Waals surface area contributed by atoms with Gasteiger partial charge in [0.1, 0.15) is 23.4 Å². The van der Waals surface area contributed by atoms with Crippen LogP contribution in [0.5, 0.6) is 0 Å². The molecule has 1 aromatic heterocycles. The van der Waals surface area contributed by atoms with Gasteiger partial charge in [-0.15, -0.1) is 0 Å². The second-order valence-electron chi connectivity index (χ2n) is 6.60. The van der Waals surface area contributed by atoms with E-state index < -0.39 is 26.6 Å². The van der Waals surface area contributed by atoms with Crippen LogP contribution in [-0.2, 0) is 10.0 Å². The monoisotopic (exact) mass is 471 g/mol. The number of nitrogens with one attached hydrogen (secondary N) is 2. The largest absolute Gasteiger partial charge is 0.322 e. The summed E-state index contributed by atoms with van der Waals surface area (Å²) in [5.74, 6) is -1.47. The zero-order valence-electron chi connectivity index (χ0n) is 16.2. The van der Waals surface area contributed by atoms with Crippen molar-refractivity contribution in [1.82, 2.24) is 14.8 Å². The molecule has 1 amide bonds. The quantitative estimate of drug-likeness (QED) is 0.440. The number of aromatic nitrogens is 3. The SMILES string of the molecule is O=C(Nc1ccc(F)c(S(=O)(=O)Nc2ccc(Cl)cc2)c1)c1cccc(-n2cncn2)c1. The Balaban J connectivity index is 1.57. The molecule has 3 aromatic carbocycles. The number of carbonyl (C=O) groups excluding carboxylic acids is 1.